The second-order valence-electron chi connectivity index (χ2n) is 11.5. The molecule has 3 aromatic rings. The molecule has 7 heteroatoms. The number of nitrogens with zero attached hydrogens (tertiary/aromatic N) is 2. The number of hydrogen-bond acceptors (Lipinski definition) is 6. The summed E-state index contributed by atoms with van der Waals surface area (Å²) in [5, 5.41) is 0.639. The lowest BCUT2D eigenvalue weighted by molar-refractivity contribution is 0.104. The first kappa shape index (κ1) is 26.7. The fourth-order valence-electron chi connectivity index (χ4n) is 5.97. The van der Waals surface area contributed by atoms with E-state index in [-0.39, 0.29) is 11.6 Å². The molecule has 1 saturated heterocycles. The van der Waals surface area contributed by atoms with Crippen LogP contribution in [0.1, 0.15) is 55.5 Å². The molecule has 0 spiro atoms. The number of thioether (sulfide) groups is 1. The van der Waals surface area contributed by atoms with Gasteiger partial charge in [0.05, 0.1) is 12.8 Å². The van der Waals surface area contributed by atoms with Gasteiger partial charge in [-0.05, 0) is 90.6 Å². The highest BCUT2D eigenvalue weighted by atomic mass is 32.2. The molecule has 3 aromatic carbocycles. The van der Waals surface area contributed by atoms with Crippen molar-refractivity contribution in [3.8, 4) is 16.9 Å². The van der Waals surface area contributed by atoms with Crippen LogP contribution in [0.4, 0.5) is 10.1 Å². The third kappa shape index (κ3) is 5.46. The van der Waals surface area contributed by atoms with Crippen LogP contribution in [-0.2, 0) is 0 Å². The Labute approximate surface area is 239 Å². The third-order valence-corrected chi connectivity index (χ3v) is 10.7. The molecular weight excluding hydrogens is 527 g/mol. The Morgan fingerprint density at radius 2 is 1.51 bits per heavy atom. The van der Waals surface area contributed by atoms with Crippen LogP contribution in [0.3, 0.4) is 0 Å². The summed E-state index contributed by atoms with van der Waals surface area (Å²) in [5.74, 6) is 0.108. The van der Waals surface area contributed by atoms with Crippen molar-refractivity contribution >= 4 is 35.2 Å². The number of benzene rings is 3. The highest BCUT2D eigenvalue weighted by Gasteiger charge is 2.30. The molecular formula is C32H35FN2O2S2. The second-order valence-corrected chi connectivity index (χ2v) is 14.1. The van der Waals surface area contributed by atoms with Gasteiger partial charge in [0.15, 0.2) is 17.3 Å². The fourth-order valence-corrected chi connectivity index (χ4v) is 8.10. The van der Waals surface area contributed by atoms with E-state index >= 15 is 0 Å². The van der Waals surface area contributed by atoms with Gasteiger partial charge in [-0.15, -0.1) is 11.8 Å². The van der Waals surface area contributed by atoms with E-state index in [0.717, 1.165) is 59.0 Å². The lowest BCUT2D eigenvalue weighted by Crippen LogP contribution is -2.43. The molecule has 0 aromatic heterocycles. The minimum Gasteiger partial charge on any atom is -0.492 e. The lowest BCUT2D eigenvalue weighted by atomic mass is 9.77. The van der Waals surface area contributed by atoms with E-state index in [1.165, 1.54) is 43.8 Å². The topological polar surface area (TPSA) is 32.8 Å². The molecule has 6 rings (SSSR count). The molecule has 0 unspecified atom stereocenters. The number of methoxy groups -OCH3 is 1. The molecule has 1 aliphatic heterocycles. The number of piperazine rings is 1. The van der Waals surface area contributed by atoms with Crippen molar-refractivity contribution in [1.82, 2.24) is 4.31 Å². The maximum atomic E-state index is 14.2. The molecule has 39 heavy (non-hydrogen) atoms. The van der Waals surface area contributed by atoms with E-state index in [0.29, 0.717) is 16.4 Å². The number of para-hydroxylation sites is 1. The zero-order valence-corrected chi connectivity index (χ0v) is 24.5. The van der Waals surface area contributed by atoms with E-state index in [1.807, 2.05) is 17.8 Å². The first-order chi connectivity index (χ1) is 18.8. The maximum absolute atomic E-state index is 14.2. The Morgan fingerprint density at radius 3 is 2.18 bits per heavy atom. The predicted octanol–water partition coefficient (Wildman–Crippen LogP) is 7.94. The number of ketones is 1. The van der Waals surface area contributed by atoms with Crippen molar-refractivity contribution in [1.29, 1.82) is 0 Å². The Bertz CT molecular complexity index is 1390. The number of fused-ring (bicyclic) bond motifs is 3. The minimum atomic E-state index is -0.334. The van der Waals surface area contributed by atoms with Crippen molar-refractivity contribution in [2.75, 3.05) is 38.2 Å². The second kappa shape index (κ2) is 10.8. The number of hydrogen-bond donors (Lipinski definition) is 0. The van der Waals surface area contributed by atoms with Gasteiger partial charge in [0.25, 0.3) is 0 Å². The van der Waals surface area contributed by atoms with Crippen LogP contribution < -0.4 is 9.64 Å². The molecule has 0 atom stereocenters. The zero-order valence-electron chi connectivity index (χ0n) is 22.8. The van der Waals surface area contributed by atoms with Gasteiger partial charge in [0.2, 0.25) is 0 Å². The molecule has 2 fully saturated rings. The molecule has 1 saturated carbocycles. The Balaban J connectivity index is 1.10. The average molecular weight is 563 g/mol. The predicted molar refractivity (Wildman–Crippen MR) is 160 cm³/mol. The summed E-state index contributed by atoms with van der Waals surface area (Å²) in [5.41, 5.74) is 5.00. The van der Waals surface area contributed by atoms with E-state index in [9.17, 15) is 9.18 Å². The quantitative estimate of drug-likeness (QED) is 0.222. The summed E-state index contributed by atoms with van der Waals surface area (Å²) < 4.78 is 21.8. The summed E-state index contributed by atoms with van der Waals surface area (Å²) >= 11 is 3.64. The summed E-state index contributed by atoms with van der Waals surface area (Å²) in [4.78, 5) is 17.9. The van der Waals surface area contributed by atoms with Crippen molar-refractivity contribution < 1.29 is 13.9 Å². The van der Waals surface area contributed by atoms with Gasteiger partial charge in [-0.1, -0.05) is 32.0 Å². The zero-order chi connectivity index (χ0) is 27.1. The summed E-state index contributed by atoms with van der Waals surface area (Å²) in [6.07, 6.45) is 5.03. The van der Waals surface area contributed by atoms with E-state index in [4.69, 9.17) is 4.74 Å². The molecule has 3 aliphatic rings. The van der Waals surface area contributed by atoms with Crippen LogP contribution in [0.2, 0.25) is 0 Å². The van der Waals surface area contributed by atoms with Crippen molar-refractivity contribution in [3.63, 3.8) is 0 Å². The monoisotopic (exact) mass is 562 g/mol. The normalized spacial score (nSPS) is 19.2. The molecule has 0 N–H and O–H groups in total. The first-order valence-corrected chi connectivity index (χ1v) is 15.5. The van der Waals surface area contributed by atoms with Gasteiger partial charge in [-0.25, -0.2) is 8.70 Å². The number of ether oxygens (including phenoxy) is 1. The fraction of sp³-hybridized carbons (Fsp3) is 0.406. The molecule has 0 amide bonds. The first-order valence-electron chi connectivity index (χ1n) is 13.8. The number of rotatable bonds is 6. The van der Waals surface area contributed by atoms with Gasteiger partial charge < -0.3 is 9.64 Å². The Morgan fingerprint density at radius 1 is 0.872 bits per heavy atom. The number of halogens is 1. The molecule has 204 valence electrons. The van der Waals surface area contributed by atoms with Gasteiger partial charge in [-0.2, -0.15) is 0 Å². The van der Waals surface area contributed by atoms with E-state index in [2.05, 4.69) is 59.5 Å². The molecule has 4 nitrogen and oxygen atoms in total. The molecule has 0 radical (unpaired) electrons. The molecule has 2 aliphatic carbocycles. The van der Waals surface area contributed by atoms with Gasteiger partial charge >= 0.3 is 0 Å². The van der Waals surface area contributed by atoms with Gasteiger partial charge in [-0.3, -0.25) is 4.79 Å². The van der Waals surface area contributed by atoms with Gasteiger partial charge in [0, 0.05) is 52.3 Å². The van der Waals surface area contributed by atoms with E-state index in [1.54, 1.807) is 18.0 Å². The number of carbonyl (C=O) groups is 1. The summed E-state index contributed by atoms with van der Waals surface area (Å²) in [6.45, 7) is 7.96. The van der Waals surface area contributed by atoms with Crippen LogP contribution in [0.25, 0.3) is 11.1 Å². The Kier molecular flexibility index (Phi) is 7.42. The van der Waals surface area contributed by atoms with Crippen LogP contribution >= 0.6 is 23.7 Å². The summed E-state index contributed by atoms with van der Waals surface area (Å²) in [7, 11) is 1.51. The van der Waals surface area contributed by atoms with Crippen LogP contribution in [0.5, 0.6) is 5.75 Å². The molecule has 0 bridgehead atoms. The van der Waals surface area contributed by atoms with Crippen LogP contribution in [-0.4, -0.2) is 48.6 Å². The maximum Gasteiger partial charge on any atom is 0.194 e. The smallest absolute Gasteiger partial charge is 0.194 e. The van der Waals surface area contributed by atoms with Crippen molar-refractivity contribution in [3.05, 3.63) is 71.5 Å². The van der Waals surface area contributed by atoms with Crippen molar-refractivity contribution in [2.45, 2.75) is 54.6 Å². The van der Waals surface area contributed by atoms with Gasteiger partial charge in [0.1, 0.15) is 0 Å². The SMILES string of the molecule is COc1c(F)cccc1N1CCN(Sc2ccc3c(c2)C(=O)c2cc(SC4CCC(C)(C)CC4)ccc2-3)CC1. The number of anilines is 1. The highest BCUT2D eigenvalue weighted by Crippen LogP contribution is 2.44. The van der Waals surface area contributed by atoms with Crippen LogP contribution in [0, 0.1) is 11.2 Å². The summed E-state index contributed by atoms with van der Waals surface area (Å²) in [6, 6.07) is 17.8. The lowest BCUT2D eigenvalue weighted by Gasteiger charge is -2.35. The van der Waals surface area contributed by atoms with E-state index < -0.39 is 0 Å². The Hall–Kier alpha value is -2.48. The third-order valence-electron chi connectivity index (χ3n) is 8.31. The minimum absolute atomic E-state index is 0.137. The number of carbonyl (C=O) groups excluding carboxylic acids is 1. The van der Waals surface area contributed by atoms with Crippen LogP contribution in [0.15, 0.2) is 64.4 Å². The standard InChI is InChI=1S/C32H35FN2O2S2/c1-32(2)13-11-21(12-14-32)38-22-7-9-24-25-10-8-23(20-27(25)30(36)26(24)19-22)39-35-17-15-34(16-18-35)29-6-4-5-28(33)31(29)37-3/h4-10,19-21H,11-18H2,1-3H3. The largest absolute Gasteiger partial charge is 0.492 e. The highest BCUT2D eigenvalue weighted by molar-refractivity contribution is 8.00. The average Bonchev–Trinajstić information content (AvgIpc) is 3.21. The molecule has 1 heterocycles. The van der Waals surface area contributed by atoms with Crippen molar-refractivity contribution in [2.24, 2.45) is 5.41 Å².